The lowest BCUT2D eigenvalue weighted by Gasteiger charge is -2.27. The fraction of sp³-hybridized carbons (Fsp3) is 0.500. The van der Waals surface area contributed by atoms with Crippen molar-refractivity contribution in [2.24, 2.45) is 5.92 Å². The molecule has 0 aliphatic heterocycles. The number of aromatic hydroxyl groups is 1. The highest BCUT2D eigenvalue weighted by Gasteiger charge is 2.21. The number of phenols is 1. The van der Waals surface area contributed by atoms with Crippen molar-refractivity contribution >= 4 is 17.5 Å². The highest BCUT2D eigenvalue weighted by molar-refractivity contribution is 6.30. The molecule has 4 heteroatoms. The number of carbonyl (C=O) groups excluding carboxylic acids is 1. The van der Waals surface area contributed by atoms with Crippen LogP contribution in [-0.4, -0.2) is 17.1 Å². The van der Waals surface area contributed by atoms with E-state index in [2.05, 4.69) is 12.2 Å². The van der Waals surface area contributed by atoms with Crippen LogP contribution in [0.2, 0.25) is 5.02 Å². The maximum atomic E-state index is 12.0. The molecule has 98 valence electrons. The van der Waals surface area contributed by atoms with Crippen LogP contribution in [0, 0.1) is 5.92 Å². The topological polar surface area (TPSA) is 49.3 Å². The molecule has 1 fully saturated rings. The van der Waals surface area contributed by atoms with Crippen molar-refractivity contribution < 1.29 is 9.90 Å². The summed E-state index contributed by atoms with van der Waals surface area (Å²) in [5.74, 6) is 0.468. The Bertz CT molecular complexity index is 439. The minimum absolute atomic E-state index is 0.0656. The van der Waals surface area contributed by atoms with E-state index < -0.39 is 0 Å². The quantitative estimate of drug-likeness (QED) is 0.863. The van der Waals surface area contributed by atoms with Crippen molar-refractivity contribution in [1.29, 1.82) is 0 Å². The van der Waals surface area contributed by atoms with Gasteiger partial charge in [-0.15, -0.1) is 0 Å². The van der Waals surface area contributed by atoms with Gasteiger partial charge in [-0.3, -0.25) is 4.79 Å². The van der Waals surface area contributed by atoms with Gasteiger partial charge in [-0.2, -0.15) is 0 Å². The predicted octanol–water partition coefficient (Wildman–Crippen LogP) is 3.35. The van der Waals surface area contributed by atoms with Crippen molar-refractivity contribution in [3.63, 3.8) is 0 Å². The van der Waals surface area contributed by atoms with Crippen LogP contribution in [0.4, 0.5) is 0 Å². The smallest absolute Gasteiger partial charge is 0.255 e. The number of phenolic OH excluding ortho intramolecular Hbond substituents is 1. The SMILES string of the molecule is CC1CCC(NC(=O)c2ccc(Cl)cc2O)CC1. The average molecular weight is 268 g/mol. The molecule has 1 aliphatic carbocycles. The van der Waals surface area contributed by atoms with Crippen LogP contribution < -0.4 is 5.32 Å². The van der Waals surface area contributed by atoms with E-state index in [1.807, 2.05) is 0 Å². The van der Waals surface area contributed by atoms with Crippen LogP contribution >= 0.6 is 11.6 Å². The minimum atomic E-state index is -0.219. The van der Waals surface area contributed by atoms with E-state index in [0.717, 1.165) is 31.6 Å². The maximum absolute atomic E-state index is 12.0. The fourth-order valence-electron chi connectivity index (χ4n) is 2.36. The second-order valence-corrected chi connectivity index (χ2v) is 5.53. The minimum Gasteiger partial charge on any atom is -0.507 e. The van der Waals surface area contributed by atoms with E-state index in [1.54, 1.807) is 12.1 Å². The number of halogens is 1. The third-order valence-electron chi connectivity index (χ3n) is 3.56. The molecule has 3 nitrogen and oxygen atoms in total. The molecule has 0 spiro atoms. The van der Waals surface area contributed by atoms with Crippen LogP contribution in [0.25, 0.3) is 0 Å². The molecule has 0 aromatic heterocycles. The van der Waals surface area contributed by atoms with Crippen molar-refractivity contribution in [3.8, 4) is 5.75 Å². The molecule has 1 aliphatic rings. The van der Waals surface area contributed by atoms with E-state index in [4.69, 9.17) is 11.6 Å². The van der Waals surface area contributed by atoms with Crippen LogP contribution in [-0.2, 0) is 0 Å². The van der Waals surface area contributed by atoms with Gasteiger partial charge in [0.15, 0.2) is 0 Å². The summed E-state index contributed by atoms with van der Waals surface area (Å²) in [5.41, 5.74) is 0.290. The molecule has 1 aromatic rings. The lowest BCUT2D eigenvalue weighted by atomic mass is 9.87. The molecule has 0 radical (unpaired) electrons. The molecule has 0 heterocycles. The number of nitrogens with one attached hydrogen (secondary N) is 1. The molecule has 1 saturated carbocycles. The number of amides is 1. The van der Waals surface area contributed by atoms with Gasteiger partial charge in [-0.25, -0.2) is 0 Å². The van der Waals surface area contributed by atoms with Gasteiger partial charge in [0.2, 0.25) is 0 Å². The molecule has 2 N–H and O–H groups in total. The van der Waals surface area contributed by atoms with Crippen molar-refractivity contribution in [1.82, 2.24) is 5.32 Å². The first-order valence-corrected chi connectivity index (χ1v) is 6.73. The second kappa shape index (κ2) is 5.61. The Labute approximate surface area is 112 Å². The molecule has 18 heavy (non-hydrogen) atoms. The Hall–Kier alpha value is -1.22. The first-order chi connectivity index (χ1) is 8.56. The summed E-state index contributed by atoms with van der Waals surface area (Å²) in [6.45, 7) is 2.24. The first-order valence-electron chi connectivity index (χ1n) is 6.35. The predicted molar refractivity (Wildman–Crippen MR) is 72.0 cm³/mol. The highest BCUT2D eigenvalue weighted by Crippen LogP contribution is 2.25. The van der Waals surface area contributed by atoms with Gasteiger partial charge in [0.1, 0.15) is 5.75 Å². The molecule has 0 atom stereocenters. The summed E-state index contributed by atoms with van der Waals surface area (Å²) in [5, 5.41) is 13.1. The fourth-order valence-corrected chi connectivity index (χ4v) is 2.53. The monoisotopic (exact) mass is 267 g/mol. The van der Waals surface area contributed by atoms with Crippen LogP contribution in [0.5, 0.6) is 5.75 Å². The number of rotatable bonds is 2. The van der Waals surface area contributed by atoms with Gasteiger partial charge in [0, 0.05) is 11.1 Å². The second-order valence-electron chi connectivity index (χ2n) is 5.09. The summed E-state index contributed by atoms with van der Waals surface area (Å²) in [6, 6.07) is 4.78. The van der Waals surface area contributed by atoms with E-state index in [-0.39, 0.29) is 23.3 Å². The molecule has 0 bridgehead atoms. The van der Waals surface area contributed by atoms with Crippen molar-refractivity contribution in [2.75, 3.05) is 0 Å². The van der Waals surface area contributed by atoms with E-state index in [1.165, 1.54) is 6.07 Å². The van der Waals surface area contributed by atoms with Gasteiger partial charge in [0.25, 0.3) is 5.91 Å². The van der Waals surface area contributed by atoms with Gasteiger partial charge >= 0.3 is 0 Å². The first kappa shape index (κ1) is 13.2. The Balaban J connectivity index is 1.99. The van der Waals surface area contributed by atoms with Crippen LogP contribution in [0.1, 0.15) is 43.0 Å². The van der Waals surface area contributed by atoms with Gasteiger partial charge in [-0.1, -0.05) is 18.5 Å². The summed E-state index contributed by atoms with van der Waals surface area (Å²) in [4.78, 5) is 12.0. The highest BCUT2D eigenvalue weighted by atomic mass is 35.5. The normalized spacial score (nSPS) is 23.7. The molecular weight excluding hydrogens is 250 g/mol. The third-order valence-corrected chi connectivity index (χ3v) is 3.79. The Morgan fingerprint density at radius 2 is 2.00 bits per heavy atom. The zero-order chi connectivity index (χ0) is 13.1. The largest absolute Gasteiger partial charge is 0.507 e. The zero-order valence-corrected chi connectivity index (χ0v) is 11.2. The van der Waals surface area contributed by atoms with E-state index >= 15 is 0 Å². The Morgan fingerprint density at radius 1 is 1.33 bits per heavy atom. The van der Waals surface area contributed by atoms with Crippen molar-refractivity contribution in [3.05, 3.63) is 28.8 Å². The maximum Gasteiger partial charge on any atom is 0.255 e. The van der Waals surface area contributed by atoms with E-state index in [9.17, 15) is 9.90 Å². The molecule has 0 saturated heterocycles. The summed E-state index contributed by atoms with van der Waals surface area (Å²) >= 11 is 5.74. The third kappa shape index (κ3) is 3.16. The Kier molecular flexibility index (Phi) is 4.12. The standard InChI is InChI=1S/C14H18ClNO2/c1-9-2-5-11(6-3-9)16-14(18)12-7-4-10(15)8-13(12)17/h4,7-9,11,17H,2-3,5-6H2,1H3,(H,16,18). The summed E-state index contributed by atoms with van der Waals surface area (Å²) in [7, 11) is 0. The summed E-state index contributed by atoms with van der Waals surface area (Å²) in [6.07, 6.45) is 4.33. The van der Waals surface area contributed by atoms with Gasteiger partial charge in [-0.05, 0) is 49.8 Å². The summed E-state index contributed by atoms with van der Waals surface area (Å²) < 4.78 is 0. The molecule has 2 rings (SSSR count). The van der Waals surface area contributed by atoms with Gasteiger partial charge < -0.3 is 10.4 Å². The molecule has 1 aromatic carbocycles. The van der Waals surface area contributed by atoms with Crippen LogP contribution in [0.15, 0.2) is 18.2 Å². The van der Waals surface area contributed by atoms with Crippen molar-refractivity contribution in [2.45, 2.75) is 38.6 Å². The molecule has 1 amide bonds. The van der Waals surface area contributed by atoms with E-state index in [0.29, 0.717) is 5.02 Å². The molecule has 0 unspecified atom stereocenters. The van der Waals surface area contributed by atoms with Gasteiger partial charge in [0.05, 0.1) is 5.56 Å². The molecular formula is C14H18ClNO2. The average Bonchev–Trinajstić information content (AvgIpc) is 2.32. The number of benzene rings is 1. The Morgan fingerprint density at radius 3 is 2.61 bits per heavy atom. The zero-order valence-electron chi connectivity index (χ0n) is 10.4. The van der Waals surface area contributed by atoms with Crippen LogP contribution in [0.3, 0.4) is 0 Å². The number of carbonyl (C=O) groups is 1. The number of hydrogen-bond acceptors (Lipinski definition) is 2. The lowest BCUT2D eigenvalue weighted by Crippen LogP contribution is -2.37. The lowest BCUT2D eigenvalue weighted by molar-refractivity contribution is 0.0920. The number of hydrogen-bond donors (Lipinski definition) is 2.